The minimum atomic E-state index is -0.447. The maximum absolute atomic E-state index is 11.2. The first-order chi connectivity index (χ1) is 7.90. The SMILES string of the molecule is CCOC(=O)Nc1ccc(OC(C)(C)C)cc1. The summed E-state index contributed by atoms with van der Waals surface area (Å²) in [5.41, 5.74) is 0.459. The average molecular weight is 237 g/mol. The van der Waals surface area contributed by atoms with Gasteiger partial charge in [-0.3, -0.25) is 5.32 Å². The predicted octanol–water partition coefficient (Wildman–Crippen LogP) is 3.43. The number of nitrogens with one attached hydrogen (secondary N) is 1. The monoisotopic (exact) mass is 237 g/mol. The molecular weight excluding hydrogens is 218 g/mol. The van der Waals surface area contributed by atoms with E-state index in [1.807, 2.05) is 32.9 Å². The van der Waals surface area contributed by atoms with Crippen LogP contribution in [0.3, 0.4) is 0 Å². The maximum Gasteiger partial charge on any atom is 0.411 e. The second-order valence-electron chi connectivity index (χ2n) is 4.58. The summed E-state index contributed by atoms with van der Waals surface area (Å²) in [6.45, 7) is 8.07. The quantitative estimate of drug-likeness (QED) is 0.876. The summed E-state index contributed by atoms with van der Waals surface area (Å²) in [5.74, 6) is 0.770. The van der Waals surface area contributed by atoms with Gasteiger partial charge in [-0.15, -0.1) is 0 Å². The molecule has 0 aromatic heterocycles. The Kier molecular flexibility index (Phi) is 4.37. The Morgan fingerprint density at radius 2 is 1.82 bits per heavy atom. The lowest BCUT2D eigenvalue weighted by Gasteiger charge is -2.21. The van der Waals surface area contributed by atoms with Crippen LogP contribution in [0.25, 0.3) is 0 Å². The number of anilines is 1. The van der Waals surface area contributed by atoms with E-state index in [-0.39, 0.29) is 5.60 Å². The fourth-order valence-corrected chi connectivity index (χ4v) is 1.24. The molecule has 4 heteroatoms. The molecule has 0 fully saturated rings. The molecule has 0 aliphatic carbocycles. The first-order valence-electron chi connectivity index (χ1n) is 5.63. The number of rotatable bonds is 3. The Morgan fingerprint density at radius 3 is 2.29 bits per heavy atom. The molecule has 0 saturated heterocycles. The zero-order chi connectivity index (χ0) is 12.9. The third-order valence-electron chi connectivity index (χ3n) is 1.80. The largest absolute Gasteiger partial charge is 0.488 e. The highest BCUT2D eigenvalue weighted by molar-refractivity contribution is 5.84. The Morgan fingerprint density at radius 1 is 1.24 bits per heavy atom. The summed E-state index contributed by atoms with van der Waals surface area (Å²) in [4.78, 5) is 11.2. The van der Waals surface area contributed by atoms with E-state index >= 15 is 0 Å². The van der Waals surface area contributed by atoms with E-state index in [0.29, 0.717) is 12.3 Å². The van der Waals surface area contributed by atoms with E-state index in [9.17, 15) is 4.79 Å². The molecule has 1 amide bonds. The minimum Gasteiger partial charge on any atom is -0.488 e. The van der Waals surface area contributed by atoms with Crippen LogP contribution in [0.2, 0.25) is 0 Å². The van der Waals surface area contributed by atoms with Gasteiger partial charge in [-0.05, 0) is 52.0 Å². The fraction of sp³-hybridized carbons (Fsp3) is 0.462. The molecule has 1 N–H and O–H groups in total. The van der Waals surface area contributed by atoms with Gasteiger partial charge in [0.05, 0.1) is 6.61 Å². The lowest BCUT2D eigenvalue weighted by molar-refractivity contribution is 0.131. The molecule has 1 rings (SSSR count). The van der Waals surface area contributed by atoms with E-state index in [1.165, 1.54) is 0 Å². The number of amides is 1. The predicted molar refractivity (Wildman–Crippen MR) is 67.5 cm³/mol. The van der Waals surface area contributed by atoms with Crippen molar-refractivity contribution in [3.05, 3.63) is 24.3 Å². The molecule has 0 atom stereocenters. The highest BCUT2D eigenvalue weighted by atomic mass is 16.5. The van der Waals surface area contributed by atoms with Gasteiger partial charge >= 0.3 is 6.09 Å². The molecule has 0 radical (unpaired) electrons. The van der Waals surface area contributed by atoms with Crippen LogP contribution in [-0.2, 0) is 4.74 Å². The van der Waals surface area contributed by atoms with Crippen molar-refractivity contribution < 1.29 is 14.3 Å². The molecule has 0 aliphatic rings. The summed E-state index contributed by atoms with van der Waals surface area (Å²) < 4.78 is 10.4. The van der Waals surface area contributed by atoms with Gasteiger partial charge in [0, 0.05) is 5.69 Å². The highest BCUT2D eigenvalue weighted by Gasteiger charge is 2.11. The Hall–Kier alpha value is -1.71. The van der Waals surface area contributed by atoms with E-state index < -0.39 is 6.09 Å². The normalized spacial score (nSPS) is 10.8. The van der Waals surface area contributed by atoms with Crippen molar-refractivity contribution in [2.24, 2.45) is 0 Å². The third-order valence-corrected chi connectivity index (χ3v) is 1.80. The summed E-state index contributed by atoms with van der Waals surface area (Å²) >= 11 is 0. The first-order valence-corrected chi connectivity index (χ1v) is 5.63. The number of ether oxygens (including phenoxy) is 2. The highest BCUT2D eigenvalue weighted by Crippen LogP contribution is 2.20. The van der Waals surface area contributed by atoms with Crippen LogP contribution < -0.4 is 10.1 Å². The van der Waals surface area contributed by atoms with Gasteiger partial charge in [-0.2, -0.15) is 0 Å². The maximum atomic E-state index is 11.2. The van der Waals surface area contributed by atoms with E-state index in [1.54, 1.807) is 19.1 Å². The number of hydrogen-bond acceptors (Lipinski definition) is 3. The number of benzene rings is 1. The van der Waals surface area contributed by atoms with Gasteiger partial charge < -0.3 is 9.47 Å². The first kappa shape index (κ1) is 13.4. The van der Waals surface area contributed by atoms with Crippen LogP contribution in [0, 0.1) is 0 Å². The summed E-state index contributed by atoms with van der Waals surface area (Å²) in [6, 6.07) is 7.18. The van der Waals surface area contributed by atoms with Gasteiger partial charge in [-0.1, -0.05) is 0 Å². The van der Waals surface area contributed by atoms with Crippen molar-refractivity contribution in [2.45, 2.75) is 33.3 Å². The van der Waals surface area contributed by atoms with Crippen LogP contribution >= 0.6 is 0 Å². The molecule has 17 heavy (non-hydrogen) atoms. The molecule has 0 bridgehead atoms. The van der Waals surface area contributed by atoms with Crippen LogP contribution in [-0.4, -0.2) is 18.3 Å². The second kappa shape index (κ2) is 5.57. The molecule has 0 aliphatic heterocycles. The van der Waals surface area contributed by atoms with Crippen molar-refractivity contribution in [1.82, 2.24) is 0 Å². The van der Waals surface area contributed by atoms with Gasteiger partial charge in [0.25, 0.3) is 0 Å². The molecule has 0 saturated carbocycles. The van der Waals surface area contributed by atoms with Gasteiger partial charge in [0.2, 0.25) is 0 Å². The summed E-state index contributed by atoms with van der Waals surface area (Å²) in [5, 5.41) is 2.62. The standard InChI is InChI=1S/C13H19NO3/c1-5-16-12(15)14-10-6-8-11(9-7-10)17-13(2,3)4/h6-9H,5H2,1-4H3,(H,14,15). The summed E-state index contributed by atoms with van der Waals surface area (Å²) in [6.07, 6.45) is -0.447. The average Bonchev–Trinajstić information content (AvgIpc) is 2.19. The van der Waals surface area contributed by atoms with Crippen LogP contribution in [0.5, 0.6) is 5.75 Å². The summed E-state index contributed by atoms with van der Waals surface area (Å²) in [7, 11) is 0. The molecular formula is C13H19NO3. The van der Waals surface area contributed by atoms with Crippen LogP contribution in [0.4, 0.5) is 10.5 Å². The van der Waals surface area contributed by atoms with Gasteiger partial charge in [-0.25, -0.2) is 4.79 Å². The van der Waals surface area contributed by atoms with Crippen molar-refractivity contribution in [3.8, 4) is 5.75 Å². The third kappa shape index (κ3) is 5.24. The second-order valence-corrected chi connectivity index (χ2v) is 4.58. The van der Waals surface area contributed by atoms with Gasteiger partial charge in [0.15, 0.2) is 0 Å². The topological polar surface area (TPSA) is 47.6 Å². The van der Waals surface area contributed by atoms with Gasteiger partial charge in [0.1, 0.15) is 11.4 Å². The Balaban J connectivity index is 2.59. The van der Waals surface area contributed by atoms with Crippen molar-refractivity contribution >= 4 is 11.8 Å². The van der Waals surface area contributed by atoms with Crippen LogP contribution in [0.1, 0.15) is 27.7 Å². The van der Waals surface area contributed by atoms with Crippen molar-refractivity contribution in [2.75, 3.05) is 11.9 Å². The van der Waals surface area contributed by atoms with Crippen molar-refractivity contribution in [3.63, 3.8) is 0 Å². The smallest absolute Gasteiger partial charge is 0.411 e. The molecule has 94 valence electrons. The zero-order valence-electron chi connectivity index (χ0n) is 10.7. The molecule has 0 spiro atoms. The van der Waals surface area contributed by atoms with Crippen molar-refractivity contribution in [1.29, 1.82) is 0 Å². The number of carbonyl (C=O) groups is 1. The Labute approximate surface area is 102 Å². The van der Waals surface area contributed by atoms with E-state index in [4.69, 9.17) is 9.47 Å². The lowest BCUT2D eigenvalue weighted by Crippen LogP contribution is -2.22. The fourth-order valence-electron chi connectivity index (χ4n) is 1.24. The molecule has 1 aromatic rings. The Bertz CT molecular complexity index is 365. The molecule has 4 nitrogen and oxygen atoms in total. The lowest BCUT2D eigenvalue weighted by atomic mass is 10.2. The zero-order valence-corrected chi connectivity index (χ0v) is 10.7. The minimum absolute atomic E-state index is 0.226. The number of hydrogen-bond donors (Lipinski definition) is 1. The number of carbonyl (C=O) groups excluding carboxylic acids is 1. The molecule has 1 aromatic carbocycles. The van der Waals surface area contributed by atoms with E-state index in [0.717, 1.165) is 5.75 Å². The molecule has 0 heterocycles. The van der Waals surface area contributed by atoms with E-state index in [2.05, 4.69) is 5.32 Å². The molecule has 0 unspecified atom stereocenters. The van der Waals surface area contributed by atoms with Crippen LogP contribution in [0.15, 0.2) is 24.3 Å².